The minimum Gasteiger partial charge on any atom is -0.211 e. The number of hydrogen-bond acceptors (Lipinski definition) is 2. The molecule has 0 saturated carbocycles. The molecule has 0 aromatic heterocycles. The quantitative estimate of drug-likeness (QED) is 0.379. The second-order valence-electron chi connectivity index (χ2n) is 1.92. The summed E-state index contributed by atoms with van der Waals surface area (Å²) in [6.07, 6.45) is 1.17. The van der Waals surface area contributed by atoms with Crippen molar-refractivity contribution >= 4 is 23.4 Å². The lowest BCUT2D eigenvalue weighted by Crippen LogP contribution is -1.82. The van der Waals surface area contributed by atoms with Crippen molar-refractivity contribution in [2.24, 2.45) is 4.99 Å². The summed E-state index contributed by atoms with van der Waals surface area (Å²) < 4.78 is 24.9. The topological polar surface area (TPSA) is 29.4 Å². The fourth-order valence-corrected chi connectivity index (χ4v) is 0.840. The van der Waals surface area contributed by atoms with Crippen LogP contribution in [0.25, 0.3) is 0 Å². The number of hydrogen-bond donors (Lipinski definition) is 0. The first kappa shape index (κ1) is 8.84. The van der Waals surface area contributed by atoms with E-state index in [1.807, 2.05) is 0 Å². The average molecular weight is 190 g/mol. The number of isocyanates is 1. The van der Waals surface area contributed by atoms with E-state index >= 15 is 0 Å². The Bertz CT molecular complexity index is 361. The van der Waals surface area contributed by atoms with Crippen LogP contribution in [0.5, 0.6) is 0 Å². The van der Waals surface area contributed by atoms with Crippen LogP contribution in [-0.4, -0.2) is 6.08 Å². The van der Waals surface area contributed by atoms with Gasteiger partial charge in [0.2, 0.25) is 6.08 Å². The maximum absolute atomic E-state index is 12.5. The van der Waals surface area contributed by atoms with Gasteiger partial charge in [0.05, 0.1) is 10.7 Å². The Kier molecular flexibility index (Phi) is 2.53. The summed E-state index contributed by atoms with van der Waals surface area (Å²) in [6, 6.07) is 1.47. The van der Waals surface area contributed by atoms with Crippen LogP contribution in [0.15, 0.2) is 17.1 Å². The maximum atomic E-state index is 12.5. The SMILES string of the molecule is O=C=Nc1cc(F)c(F)cc1Cl. The van der Waals surface area contributed by atoms with Crippen LogP contribution < -0.4 is 0 Å². The zero-order valence-corrected chi connectivity index (χ0v) is 6.40. The zero-order valence-electron chi connectivity index (χ0n) is 5.64. The molecule has 1 aromatic carbocycles. The second kappa shape index (κ2) is 3.43. The summed E-state index contributed by atoms with van der Waals surface area (Å²) in [5, 5.41) is -0.128. The summed E-state index contributed by atoms with van der Waals surface area (Å²) in [6.45, 7) is 0. The van der Waals surface area contributed by atoms with Crippen molar-refractivity contribution in [1.82, 2.24) is 0 Å². The normalized spacial score (nSPS) is 9.25. The van der Waals surface area contributed by atoms with Crippen molar-refractivity contribution in [3.8, 4) is 0 Å². The maximum Gasteiger partial charge on any atom is 0.240 e. The molecule has 0 heterocycles. The summed E-state index contributed by atoms with van der Waals surface area (Å²) >= 11 is 5.40. The molecule has 0 amide bonds. The van der Waals surface area contributed by atoms with Gasteiger partial charge >= 0.3 is 0 Å². The number of carbonyl (C=O) groups excluding carboxylic acids is 1. The Morgan fingerprint density at radius 1 is 1.33 bits per heavy atom. The fraction of sp³-hybridized carbons (Fsp3) is 0. The van der Waals surface area contributed by atoms with Crippen LogP contribution in [0.4, 0.5) is 14.5 Å². The van der Waals surface area contributed by atoms with Gasteiger partial charge in [-0.25, -0.2) is 13.6 Å². The highest BCUT2D eigenvalue weighted by atomic mass is 35.5. The molecule has 0 saturated heterocycles. The first-order valence-corrected chi connectivity index (χ1v) is 3.25. The molecule has 1 aromatic rings. The van der Waals surface area contributed by atoms with E-state index < -0.39 is 11.6 Å². The van der Waals surface area contributed by atoms with Gasteiger partial charge < -0.3 is 0 Å². The van der Waals surface area contributed by atoms with Crippen LogP contribution in [0.3, 0.4) is 0 Å². The number of benzene rings is 1. The lowest BCUT2D eigenvalue weighted by Gasteiger charge is -1.96. The summed E-state index contributed by atoms with van der Waals surface area (Å²) in [5.74, 6) is -2.18. The predicted octanol–water partition coefficient (Wildman–Crippen LogP) is 2.59. The number of halogens is 3. The van der Waals surface area contributed by atoms with Crippen LogP contribution in [0.2, 0.25) is 5.02 Å². The lowest BCUT2D eigenvalue weighted by molar-refractivity contribution is 0.509. The Labute approximate surface area is 71.5 Å². The number of rotatable bonds is 1. The van der Waals surface area contributed by atoms with Crippen molar-refractivity contribution < 1.29 is 13.6 Å². The van der Waals surface area contributed by atoms with Crippen LogP contribution >= 0.6 is 11.6 Å². The van der Waals surface area contributed by atoms with E-state index in [1.165, 1.54) is 6.08 Å². The van der Waals surface area contributed by atoms with Crippen LogP contribution in [0.1, 0.15) is 0 Å². The predicted molar refractivity (Wildman–Crippen MR) is 39.1 cm³/mol. The molecule has 0 radical (unpaired) electrons. The largest absolute Gasteiger partial charge is 0.240 e. The first-order valence-electron chi connectivity index (χ1n) is 2.87. The van der Waals surface area contributed by atoms with Crippen molar-refractivity contribution in [3.05, 3.63) is 28.8 Å². The van der Waals surface area contributed by atoms with Gasteiger partial charge in [-0.1, -0.05) is 11.6 Å². The highest BCUT2D eigenvalue weighted by Gasteiger charge is 2.06. The Morgan fingerprint density at radius 2 is 1.92 bits per heavy atom. The van der Waals surface area contributed by atoms with E-state index in [-0.39, 0.29) is 10.7 Å². The molecule has 0 fully saturated rings. The van der Waals surface area contributed by atoms with E-state index in [1.54, 1.807) is 0 Å². The third-order valence-electron chi connectivity index (χ3n) is 1.16. The van der Waals surface area contributed by atoms with Gasteiger partial charge in [0.15, 0.2) is 11.6 Å². The molecule has 62 valence electrons. The molecule has 0 spiro atoms. The lowest BCUT2D eigenvalue weighted by atomic mass is 10.3. The van der Waals surface area contributed by atoms with Crippen molar-refractivity contribution in [1.29, 1.82) is 0 Å². The van der Waals surface area contributed by atoms with E-state index in [0.29, 0.717) is 0 Å². The molecule has 0 aliphatic carbocycles. The minimum atomic E-state index is -1.10. The molecule has 0 atom stereocenters. The number of nitrogens with zero attached hydrogens (tertiary/aromatic N) is 1. The Balaban J connectivity index is 3.32. The van der Waals surface area contributed by atoms with Crippen molar-refractivity contribution in [2.45, 2.75) is 0 Å². The molecular formula is C7H2ClF2NO. The Morgan fingerprint density at radius 3 is 2.50 bits per heavy atom. The van der Waals surface area contributed by atoms with Crippen LogP contribution in [0, 0.1) is 11.6 Å². The minimum absolute atomic E-state index is 0.128. The third kappa shape index (κ3) is 1.67. The fourth-order valence-electron chi connectivity index (χ4n) is 0.647. The van der Waals surface area contributed by atoms with E-state index in [2.05, 4.69) is 4.99 Å². The molecule has 0 aliphatic rings. The highest BCUT2D eigenvalue weighted by molar-refractivity contribution is 6.33. The standard InChI is InChI=1S/C7H2ClF2NO/c8-4-1-5(9)6(10)2-7(4)11-3-12/h1-2H. The summed E-state index contributed by atoms with van der Waals surface area (Å²) in [7, 11) is 0. The monoisotopic (exact) mass is 189 g/mol. The summed E-state index contributed by atoms with van der Waals surface area (Å²) in [4.78, 5) is 12.8. The first-order chi connectivity index (χ1) is 5.65. The molecule has 1 rings (SSSR count). The molecule has 0 unspecified atom stereocenters. The van der Waals surface area contributed by atoms with Gasteiger partial charge in [-0.05, 0) is 6.07 Å². The molecular weight excluding hydrogens is 188 g/mol. The van der Waals surface area contributed by atoms with Gasteiger partial charge in [0.1, 0.15) is 0 Å². The van der Waals surface area contributed by atoms with E-state index in [0.717, 1.165) is 12.1 Å². The zero-order chi connectivity index (χ0) is 9.14. The molecule has 2 nitrogen and oxygen atoms in total. The molecule has 5 heteroatoms. The van der Waals surface area contributed by atoms with Gasteiger partial charge in [-0.3, -0.25) is 0 Å². The van der Waals surface area contributed by atoms with E-state index in [4.69, 9.17) is 11.6 Å². The van der Waals surface area contributed by atoms with E-state index in [9.17, 15) is 13.6 Å². The third-order valence-corrected chi connectivity index (χ3v) is 1.46. The summed E-state index contributed by atoms with van der Waals surface area (Å²) in [5.41, 5.74) is -0.134. The van der Waals surface area contributed by atoms with Crippen molar-refractivity contribution in [3.63, 3.8) is 0 Å². The average Bonchev–Trinajstić information content (AvgIpc) is 2.01. The number of aliphatic imine (C=N–C) groups is 1. The smallest absolute Gasteiger partial charge is 0.211 e. The van der Waals surface area contributed by atoms with Gasteiger partial charge in [0, 0.05) is 6.07 Å². The van der Waals surface area contributed by atoms with Crippen molar-refractivity contribution in [2.75, 3.05) is 0 Å². The molecule has 12 heavy (non-hydrogen) atoms. The highest BCUT2D eigenvalue weighted by Crippen LogP contribution is 2.26. The van der Waals surface area contributed by atoms with Crippen LogP contribution in [-0.2, 0) is 4.79 Å². The second-order valence-corrected chi connectivity index (χ2v) is 2.33. The van der Waals surface area contributed by atoms with Gasteiger partial charge in [-0.2, -0.15) is 4.99 Å². The Hall–Kier alpha value is -1.25. The molecule has 0 N–H and O–H groups in total. The van der Waals surface area contributed by atoms with Gasteiger partial charge in [-0.15, -0.1) is 0 Å². The molecule has 0 aliphatic heterocycles. The van der Waals surface area contributed by atoms with Gasteiger partial charge in [0.25, 0.3) is 0 Å². The molecule has 0 bridgehead atoms.